The summed E-state index contributed by atoms with van der Waals surface area (Å²) in [5, 5.41) is 3.19. The maximum Gasteiger partial charge on any atom is 0.274 e. The topological polar surface area (TPSA) is 92.7 Å². The number of fused-ring (bicyclic) bond motifs is 5. The van der Waals surface area contributed by atoms with E-state index in [2.05, 4.69) is 24.1 Å². The van der Waals surface area contributed by atoms with E-state index in [1.165, 1.54) is 19.3 Å². The van der Waals surface area contributed by atoms with E-state index >= 15 is 0 Å². The molecule has 7 heteroatoms. The van der Waals surface area contributed by atoms with Gasteiger partial charge in [-0.25, -0.2) is 4.98 Å². The molecule has 7 rings (SSSR count). The van der Waals surface area contributed by atoms with Crippen LogP contribution in [0.25, 0.3) is 5.65 Å². The summed E-state index contributed by atoms with van der Waals surface area (Å²) >= 11 is 0. The molecule has 0 spiro atoms. The Bertz CT molecular complexity index is 1090. The second-order valence-corrected chi connectivity index (χ2v) is 11.5. The molecule has 5 atom stereocenters. The first kappa shape index (κ1) is 21.1. The van der Waals surface area contributed by atoms with E-state index in [1.54, 1.807) is 10.6 Å². The minimum atomic E-state index is -0.0970. The van der Waals surface area contributed by atoms with Crippen LogP contribution in [0, 0.1) is 23.2 Å². The van der Waals surface area contributed by atoms with Crippen molar-refractivity contribution >= 4 is 17.5 Å². The maximum absolute atomic E-state index is 13.4. The summed E-state index contributed by atoms with van der Waals surface area (Å²) in [7, 11) is 0. The molecular formula is C26H35N5O2. The number of hydrogen-bond donors (Lipinski definition) is 2. The van der Waals surface area contributed by atoms with Gasteiger partial charge in [-0.3, -0.25) is 14.0 Å². The van der Waals surface area contributed by atoms with Gasteiger partial charge in [0.1, 0.15) is 17.0 Å². The van der Waals surface area contributed by atoms with Crippen molar-refractivity contribution in [3.63, 3.8) is 0 Å². The van der Waals surface area contributed by atoms with Crippen LogP contribution in [0.3, 0.4) is 0 Å². The summed E-state index contributed by atoms with van der Waals surface area (Å²) in [6.07, 6.45) is 9.28. The number of pyridine rings is 1. The van der Waals surface area contributed by atoms with E-state index in [0.29, 0.717) is 40.8 Å². The predicted octanol–water partition coefficient (Wildman–Crippen LogP) is 3.23. The first-order valence-electron chi connectivity index (χ1n) is 12.7. The van der Waals surface area contributed by atoms with Gasteiger partial charge in [0.15, 0.2) is 0 Å². The third-order valence-electron chi connectivity index (χ3n) is 9.47. The van der Waals surface area contributed by atoms with Gasteiger partial charge in [0.05, 0.1) is 0 Å². The van der Waals surface area contributed by atoms with E-state index in [1.807, 2.05) is 23.1 Å². The third-order valence-corrected chi connectivity index (χ3v) is 9.47. The maximum atomic E-state index is 13.4. The summed E-state index contributed by atoms with van der Waals surface area (Å²) in [5.74, 6) is 1.98. The van der Waals surface area contributed by atoms with Crippen LogP contribution in [0.5, 0.6) is 0 Å². The molecular weight excluding hydrogens is 414 g/mol. The Morgan fingerprint density at radius 2 is 1.88 bits per heavy atom. The molecule has 2 unspecified atom stereocenters. The molecule has 176 valence electrons. The lowest BCUT2D eigenvalue weighted by molar-refractivity contribution is -0.103. The summed E-state index contributed by atoms with van der Waals surface area (Å²) in [6.45, 7) is 5.48. The number of amides is 2. The molecule has 0 radical (unpaired) electrons. The summed E-state index contributed by atoms with van der Waals surface area (Å²) in [4.78, 5) is 33.1. The zero-order valence-electron chi connectivity index (χ0n) is 19.7. The van der Waals surface area contributed by atoms with Crippen molar-refractivity contribution in [2.75, 3.05) is 6.54 Å². The predicted molar refractivity (Wildman–Crippen MR) is 126 cm³/mol. The summed E-state index contributed by atoms with van der Waals surface area (Å²) in [6, 6.07) is 6.12. The second kappa shape index (κ2) is 7.55. The average Bonchev–Trinajstić information content (AvgIpc) is 3.36. The zero-order chi connectivity index (χ0) is 22.9. The second-order valence-electron chi connectivity index (χ2n) is 11.5. The Morgan fingerprint density at radius 1 is 1.12 bits per heavy atom. The largest absolute Gasteiger partial charge is 0.350 e. The van der Waals surface area contributed by atoms with E-state index < -0.39 is 0 Å². The number of aromatic nitrogens is 2. The van der Waals surface area contributed by atoms with E-state index in [-0.39, 0.29) is 29.9 Å². The SMILES string of the molecule is CC1(C)[C@H]2CC[C@@H](CNC(=O)c3cccc4nc(C(=O)N5C6CCC5CC(N)C6)cn34)[C@H]1C2. The van der Waals surface area contributed by atoms with Crippen molar-refractivity contribution in [3.8, 4) is 0 Å². The molecule has 2 amide bonds. The Kier molecular flexibility index (Phi) is 4.84. The van der Waals surface area contributed by atoms with Gasteiger partial charge in [-0.15, -0.1) is 0 Å². The van der Waals surface area contributed by atoms with Crippen molar-refractivity contribution in [2.24, 2.45) is 28.9 Å². The van der Waals surface area contributed by atoms with Crippen molar-refractivity contribution in [2.45, 2.75) is 76.9 Å². The molecule has 4 heterocycles. The van der Waals surface area contributed by atoms with Gasteiger partial charge in [-0.05, 0) is 80.2 Å². The molecule has 0 aromatic carbocycles. The molecule has 2 aliphatic heterocycles. The smallest absolute Gasteiger partial charge is 0.274 e. The van der Waals surface area contributed by atoms with Crippen LogP contribution < -0.4 is 11.1 Å². The standard InChI is InChI=1S/C26H35N5O2/c1-26(2)16-7-6-15(20(26)10-16)13-28-24(32)22-4-3-5-23-29-21(14-30(22)23)25(33)31-18-8-9-19(31)12-17(27)11-18/h3-5,14-20H,6-13,27H2,1-2H3,(H,28,32)/t15-,16-,17?,18?,19?,20+/m0/s1. The fourth-order valence-corrected chi connectivity index (χ4v) is 7.50. The monoisotopic (exact) mass is 449 g/mol. The number of carbonyl (C=O) groups is 2. The van der Waals surface area contributed by atoms with Gasteiger partial charge in [-0.1, -0.05) is 19.9 Å². The number of piperidine rings is 1. The van der Waals surface area contributed by atoms with Gasteiger partial charge in [0.2, 0.25) is 0 Å². The molecule has 3 aliphatic carbocycles. The van der Waals surface area contributed by atoms with Gasteiger partial charge >= 0.3 is 0 Å². The third kappa shape index (κ3) is 3.30. The number of rotatable bonds is 4. The molecule has 33 heavy (non-hydrogen) atoms. The summed E-state index contributed by atoms with van der Waals surface area (Å²) < 4.78 is 1.77. The molecule has 2 saturated heterocycles. The lowest BCUT2D eigenvalue weighted by Gasteiger charge is -2.60. The first-order valence-corrected chi connectivity index (χ1v) is 12.7. The van der Waals surface area contributed by atoms with Crippen molar-refractivity contribution in [3.05, 3.63) is 35.8 Å². The van der Waals surface area contributed by atoms with Crippen LogP contribution in [-0.2, 0) is 0 Å². The molecule has 4 bridgehead atoms. The highest BCUT2D eigenvalue weighted by molar-refractivity contribution is 5.96. The molecule has 2 aromatic rings. The fourth-order valence-electron chi connectivity index (χ4n) is 7.50. The number of nitrogens with zero attached hydrogens (tertiary/aromatic N) is 3. The van der Waals surface area contributed by atoms with Crippen LogP contribution >= 0.6 is 0 Å². The lowest BCUT2D eigenvalue weighted by Crippen LogP contribution is -2.54. The average molecular weight is 450 g/mol. The number of nitrogens with two attached hydrogens (primary N) is 1. The highest BCUT2D eigenvalue weighted by Crippen LogP contribution is 2.61. The number of imidazole rings is 1. The van der Waals surface area contributed by atoms with Crippen LogP contribution in [0.4, 0.5) is 0 Å². The normalized spacial score (nSPS) is 34.2. The Hall–Kier alpha value is -2.41. The van der Waals surface area contributed by atoms with Crippen LogP contribution in [0.15, 0.2) is 24.4 Å². The van der Waals surface area contributed by atoms with Crippen molar-refractivity contribution in [1.29, 1.82) is 0 Å². The highest BCUT2D eigenvalue weighted by Gasteiger charge is 2.54. The molecule has 3 saturated carbocycles. The van der Waals surface area contributed by atoms with Gasteiger partial charge in [0, 0.05) is 30.9 Å². The van der Waals surface area contributed by atoms with Gasteiger partial charge in [0.25, 0.3) is 11.8 Å². The van der Waals surface area contributed by atoms with Crippen LogP contribution in [0.1, 0.15) is 79.8 Å². The van der Waals surface area contributed by atoms with Gasteiger partial charge < -0.3 is 16.0 Å². The quantitative estimate of drug-likeness (QED) is 0.750. The zero-order valence-corrected chi connectivity index (χ0v) is 19.7. The minimum Gasteiger partial charge on any atom is -0.350 e. The summed E-state index contributed by atoms with van der Waals surface area (Å²) in [5.41, 5.74) is 8.16. The lowest BCUT2D eigenvalue weighted by atomic mass is 9.45. The Balaban J connectivity index is 1.19. The number of nitrogens with one attached hydrogen (secondary N) is 1. The molecule has 5 aliphatic rings. The molecule has 7 nitrogen and oxygen atoms in total. The van der Waals surface area contributed by atoms with E-state index in [4.69, 9.17) is 5.73 Å². The molecule has 3 N–H and O–H groups in total. The minimum absolute atomic E-state index is 0.0339. The first-order chi connectivity index (χ1) is 15.8. The Labute approximate surface area is 195 Å². The van der Waals surface area contributed by atoms with Gasteiger partial charge in [-0.2, -0.15) is 0 Å². The molecule has 2 aromatic heterocycles. The fraction of sp³-hybridized carbons (Fsp3) is 0.654. The van der Waals surface area contributed by atoms with E-state index in [0.717, 1.165) is 31.6 Å². The van der Waals surface area contributed by atoms with Crippen molar-refractivity contribution < 1.29 is 9.59 Å². The highest BCUT2D eigenvalue weighted by atomic mass is 16.2. The van der Waals surface area contributed by atoms with Crippen LogP contribution in [0.2, 0.25) is 0 Å². The van der Waals surface area contributed by atoms with Crippen LogP contribution in [-0.4, -0.2) is 50.8 Å². The number of hydrogen-bond acceptors (Lipinski definition) is 4. The van der Waals surface area contributed by atoms with E-state index in [9.17, 15) is 9.59 Å². The number of carbonyl (C=O) groups excluding carboxylic acids is 2. The molecule has 5 fully saturated rings. The Morgan fingerprint density at radius 3 is 2.58 bits per heavy atom. The van der Waals surface area contributed by atoms with Crippen molar-refractivity contribution in [1.82, 2.24) is 19.6 Å².